The fourth-order valence-corrected chi connectivity index (χ4v) is 3.77. The fraction of sp³-hybridized carbons (Fsp3) is 0.0500. The topological polar surface area (TPSA) is 102 Å². The predicted molar refractivity (Wildman–Crippen MR) is 110 cm³/mol. The minimum Gasteiger partial charge on any atom is -0.366 e. The zero-order valence-electron chi connectivity index (χ0n) is 15.9. The van der Waals surface area contributed by atoms with Crippen molar-refractivity contribution in [3.05, 3.63) is 90.5 Å². The second-order valence-corrected chi connectivity index (χ2v) is 8.09. The van der Waals surface area contributed by atoms with Crippen LogP contribution >= 0.6 is 0 Å². The van der Waals surface area contributed by atoms with Gasteiger partial charge in [0.25, 0.3) is 10.0 Å². The molecule has 0 amide bonds. The highest BCUT2D eigenvalue weighted by Gasteiger charge is 2.16. The van der Waals surface area contributed by atoms with Gasteiger partial charge in [0.15, 0.2) is 17.5 Å². The normalized spacial score (nSPS) is 11.3. The maximum Gasteiger partial charge on any atom is 0.263 e. The van der Waals surface area contributed by atoms with E-state index in [0.717, 1.165) is 23.8 Å². The lowest BCUT2D eigenvalue weighted by Gasteiger charge is -2.11. The summed E-state index contributed by atoms with van der Waals surface area (Å²) in [6.45, 7) is 0.384. The van der Waals surface area contributed by atoms with Gasteiger partial charge in [-0.05, 0) is 36.4 Å². The Morgan fingerprint density at radius 1 is 0.968 bits per heavy atom. The van der Waals surface area contributed by atoms with E-state index in [9.17, 15) is 17.2 Å². The standard InChI is InChI=1S/C20H16F2N6O2S/c21-17-6-4-15(11-18(17)22)27-31(29,30)16-5-7-19(25-13-16)24-12-14-3-1-8-23-20(14)28-10-2-9-26-28/h1-11,13,27H,12H2,(H,24,25). The van der Waals surface area contributed by atoms with Crippen molar-refractivity contribution in [2.45, 2.75) is 11.4 Å². The van der Waals surface area contributed by atoms with Crippen molar-refractivity contribution in [2.24, 2.45) is 0 Å². The molecule has 0 bridgehead atoms. The number of pyridine rings is 2. The first-order valence-corrected chi connectivity index (χ1v) is 10.5. The second-order valence-electron chi connectivity index (χ2n) is 6.40. The molecule has 3 heterocycles. The van der Waals surface area contributed by atoms with E-state index in [1.807, 2.05) is 6.07 Å². The van der Waals surface area contributed by atoms with Gasteiger partial charge in [-0.2, -0.15) is 5.10 Å². The summed E-state index contributed by atoms with van der Waals surface area (Å²) in [7, 11) is -4.01. The monoisotopic (exact) mass is 442 g/mol. The highest BCUT2D eigenvalue weighted by atomic mass is 32.2. The highest BCUT2D eigenvalue weighted by molar-refractivity contribution is 7.92. The number of aromatic nitrogens is 4. The number of rotatable bonds is 7. The van der Waals surface area contributed by atoms with Crippen LogP contribution in [0, 0.1) is 11.6 Å². The number of anilines is 2. The van der Waals surface area contributed by atoms with Crippen LogP contribution in [0.15, 0.2) is 78.2 Å². The largest absolute Gasteiger partial charge is 0.366 e. The number of nitrogens with zero attached hydrogens (tertiary/aromatic N) is 4. The summed E-state index contributed by atoms with van der Waals surface area (Å²) in [4.78, 5) is 8.33. The Hall–Kier alpha value is -3.86. The maximum absolute atomic E-state index is 13.3. The Morgan fingerprint density at radius 3 is 2.55 bits per heavy atom. The first-order valence-electron chi connectivity index (χ1n) is 9.04. The van der Waals surface area contributed by atoms with Gasteiger partial charge in [-0.15, -0.1) is 0 Å². The van der Waals surface area contributed by atoms with Gasteiger partial charge in [-0.1, -0.05) is 6.07 Å². The zero-order chi connectivity index (χ0) is 21.8. The molecule has 0 saturated carbocycles. The van der Waals surface area contributed by atoms with E-state index in [4.69, 9.17) is 0 Å². The Morgan fingerprint density at radius 2 is 1.84 bits per heavy atom. The molecule has 3 aromatic heterocycles. The van der Waals surface area contributed by atoms with Gasteiger partial charge in [0, 0.05) is 43.0 Å². The average molecular weight is 442 g/mol. The number of benzene rings is 1. The van der Waals surface area contributed by atoms with E-state index >= 15 is 0 Å². The van der Waals surface area contributed by atoms with Crippen molar-refractivity contribution in [1.29, 1.82) is 0 Å². The number of halogens is 2. The molecular formula is C20H16F2N6O2S. The Balaban J connectivity index is 1.46. The van der Waals surface area contributed by atoms with E-state index in [1.165, 1.54) is 18.3 Å². The predicted octanol–water partition coefficient (Wildman–Crippen LogP) is 3.35. The molecule has 1 aromatic carbocycles. The summed E-state index contributed by atoms with van der Waals surface area (Å²) in [5.74, 6) is -1.11. The molecule has 0 fully saturated rings. The molecule has 4 aromatic rings. The molecule has 0 atom stereocenters. The van der Waals surface area contributed by atoms with E-state index in [1.54, 1.807) is 35.4 Å². The van der Waals surface area contributed by atoms with Gasteiger partial charge >= 0.3 is 0 Å². The molecule has 0 aliphatic carbocycles. The Bertz CT molecular complexity index is 1300. The van der Waals surface area contributed by atoms with Crippen molar-refractivity contribution in [3.8, 4) is 5.82 Å². The van der Waals surface area contributed by atoms with Crippen LogP contribution < -0.4 is 10.0 Å². The third-order valence-corrected chi connectivity index (χ3v) is 5.63. The minimum absolute atomic E-state index is 0.0937. The van der Waals surface area contributed by atoms with Crippen molar-refractivity contribution < 1.29 is 17.2 Å². The van der Waals surface area contributed by atoms with Gasteiger partial charge in [0.1, 0.15) is 10.7 Å². The fourth-order valence-electron chi connectivity index (χ4n) is 2.77. The van der Waals surface area contributed by atoms with Crippen molar-refractivity contribution in [2.75, 3.05) is 10.0 Å². The third-order valence-electron chi connectivity index (χ3n) is 4.27. The van der Waals surface area contributed by atoms with Crippen LogP contribution in [0.2, 0.25) is 0 Å². The molecule has 0 spiro atoms. The number of sulfonamides is 1. The van der Waals surface area contributed by atoms with Crippen LogP contribution in [0.4, 0.5) is 20.3 Å². The van der Waals surface area contributed by atoms with Crippen LogP contribution in [-0.2, 0) is 16.6 Å². The van der Waals surface area contributed by atoms with Gasteiger partial charge in [-0.3, -0.25) is 4.72 Å². The third kappa shape index (κ3) is 4.67. The summed E-state index contributed by atoms with van der Waals surface area (Å²) >= 11 is 0. The molecule has 0 unspecified atom stereocenters. The molecule has 0 radical (unpaired) electrons. The molecule has 11 heteroatoms. The molecule has 4 rings (SSSR count). The van der Waals surface area contributed by atoms with Crippen LogP contribution in [0.3, 0.4) is 0 Å². The van der Waals surface area contributed by atoms with Crippen LogP contribution in [0.1, 0.15) is 5.56 Å². The molecule has 8 nitrogen and oxygen atoms in total. The van der Waals surface area contributed by atoms with Gasteiger partial charge in [0.05, 0.1) is 5.69 Å². The second kappa shape index (κ2) is 8.48. The maximum atomic E-state index is 13.3. The first kappa shape index (κ1) is 20.4. The lowest BCUT2D eigenvalue weighted by molar-refractivity contribution is 0.509. The Kier molecular flexibility index (Phi) is 5.58. The molecule has 0 saturated heterocycles. The molecule has 2 N–H and O–H groups in total. The molecule has 0 aliphatic rings. The quantitative estimate of drug-likeness (QED) is 0.455. The van der Waals surface area contributed by atoms with Crippen molar-refractivity contribution >= 4 is 21.5 Å². The lowest BCUT2D eigenvalue weighted by Crippen LogP contribution is -2.14. The van der Waals surface area contributed by atoms with Crippen molar-refractivity contribution in [3.63, 3.8) is 0 Å². The van der Waals surface area contributed by atoms with E-state index in [2.05, 4.69) is 25.1 Å². The minimum atomic E-state index is -4.01. The van der Waals surface area contributed by atoms with Crippen LogP contribution in [-0.4, -0.2) is 28.2 Å². The molecular weight excluding hydrogens is 426 g/mol. The molecule has 31 heavy (non-hydrogen) atoms. The number of nitrogens with one attached hydrogen (secondary N) is 2. The van der Waals surface area contributed by atoms with Crippen molar-refractivity contribution in [1.82, 2.24) is 19.7 Å². The lowest BCUT2D eigenvalue weighted by atomic mass is 10.2. The van der Waals surface area contributed by atoms with Crippen LogP contribution in [0.5, 0.6) is 0 Å². The van der Waals surface area contributed by atoms with Gasteiger partial charge in [-0.25, -0.2) is 31.8 Å². The Labute approximate surface area is 176 Å². The molecule has 158 valence electrons. The molecule has 0 aliphatic heterocycles. The van der Waals surface area contributed by atoms with Gasteiger partial charge < -0.3 is 5.32 Å². The summed E-state index contributed by atoms with van der Waals surface area (Å²) in [5, 5.41) is 7.28. The highest BCUT2D eigenvalue weighted by Crippen LogP contribution is 2.19. The average Bonchev–Trinajstić information content (AvgIpc) is 3.30. The van der Waals surface area contributed by atoms with E-state index < -0.39 is 21.7 Å². The zero-order valence-corrected chi connectivity index (χ0v) is 16.7. The first-order chi connectivity index (χ1) is 14.9. The summed E-state index contributed by atoms with van der Waals surface area (Å²) < 4.78 is 55.1. The summed E-state index contributed by atoms with van der Waals surface area (Å²) in [6.07, 6.45) is 6.27. The van der Waals surface area contributed by atoms with E-state index in [0.29, 0.717) is 18.2 Å². The van der Waals surface area contributed by atoms with Gasteiger partial charge in [0.2, 0.25) is 0 Å². The smallest absolute Gasteiger partial charge is 0.263 e. The number of hydrogen-bond acceptors (Lipinski definition) is 6. The number of hydrogen-bond donors (Lipinski definition) is 2. The summed E-state index contributed by atoms with van der Waals surface area (Å²) in [6, 6.07) is 11.1. The van der Waals surface area contributed by atoms with Crippen LogP contribution in [0.25, 0.3) is 5.82 Å². The SMILES string of the molecule is O=S(=O)(Nc1ccc(F)c(F)c1)c1ccc(NCc2cccnc2-n2cccn2)nc1. The van der Waals surface area contributed by atoms with E-state index in [-0.39, 0.29) is 10.6 Å². The summed E-state index contributed by atoms with van der Waals surface area (Å²) in [5.41, 5.74) is 0.772.